The topological polar surface area (TPSA) is 40.6 Å². The van der Waals surface area contributed by atoms with Crippen molar-refractivity contribution < 1.29 is 27.2 Å². The summed E-state index contributed by atoms with van der Waals surface area (Å²) in [5, 5.41) is 0. The molecule has 0 saturated carbocycles. The van der Waals surface area contributed by atoms with Gasteiger partial charge in [0.15, 0.2) is 0 Å². The number of halogens is 4. The number of amides is 2. The highest BCUT2D eigenvalue weighted by atomic mass is 19.4. The quantitative estimate of drug-likeness (QED) is 0.777. The molecule has 0 unspecified atom stereocenters. The van der Waals surface area contributed by atoms with E-state index in [1.54, 1.807) is 0 Å². The number of likely N-dealkylation sites (N-methyl/N-ethyl adjacent to an activating group) is 1. The van der Waals surface area contributed by atoms with Gasteiger partial charge in [0, 0.05) is 14.1 Å². The SMILES string of the molecule is CN(C)C(=O)CN(CC(F)(F)F)C(=O)Cc1cccc(F)c1. The lowest BCUT2D eigenvalue weighted by Gasteiger charge is -2.25. The Kier molecular flexibility index (Phi) is 5.90. The highest BCUT2D eigenvalue weighted by Crippen LogP contribution is 2.17. The van der Waals surface area contributed by atoms with Gasteiger partial charge in [-0.25, -0.2) is 4.39 Å². The molecule has 1 aromatic carbocycles. The fraction of sp³-hybridized carbons (Fsp3) is 0.429. The van der Waals surface area contributed by atoms with Crippen LogP contribution in [-0.4, -0.2) is 55.0 Å². The Bertz CT molecular complexity index is 544. The van der Waals surface area contributed by atoms with Gasteiger partial charge in [0.05, 0.1) is 6.42 Å². The minimum atomic E-state index is -4.62. The summed E-state index contributed by atoms with van der Waals surface area (Å²) < 4.78 is 50.7. The second-order valence-corrected chi connectivity index (χ2v) is 4.96. The molecule has 0 fully saturated rings. The molecule has 0 N–H and O–H groups in total. The summed E-state index contributed by atoms with van der Waals surface area (Å²) in [7, 11) is 2.76. The molecule has 8 heteroatoms. The first kappa shape index (κ1) is 17.9. The summed E-state index contributed by atoms with van der Waals surface area (Å²) in [5.74, 6) is -2.10. The molecule has 2 amide bonds. The molecular weight excluding hydrogens is 304 g/mol. The van der Waals surface area contributed by atoms with Crippen molar-refractivity contribution in [2.75, 3.05) is 27.2 Å². The molecule has 4 nitrogen and oxygen atoms in total. The largest absolute Gasteiger partial charge is 0.406 e. The monoisotopic (exact) mass is 320 g/mol. The zero-order valence-electron chi connectivity index (χ0n) is 12.2. The molecule has 1 aromatic rings. The molecule has 0 radical (unpaired) electrons. The van der Waals surface area contributed by atoms with Crippen molar-refractivity contribution in [2.24, 2.45) is 0 Å². The van der Waals surface area contributed by atoms with Gasteiger partial charge < -0.3 is 9.80 Å². The van der Waals surface area contributed by atoms with E-state index in [2.05, 4.69) is 0 Å². The molecule has 0 bridgehead atoms. The van der Waals surface area contributed by atoms with Gasteiger partial charge in [-0.1, -0.05) is 12.1 Å². The number of alkyl halides is 3. The molecule has 0 saturated heterocycles. The lowest BCUT2D eigenvalue weighted by molar-refractivity contribution is -0.163. The standard InChI is InChI=1S/C14H16F4N2O2/c1-19(2)13(22)8-20(9-14(16,17)18)12(21)7-10-4-3-5-11(15)6-10/h3-6H,7-9H2,1-2H3. The van der Waals surface area contributed by atoms with E-state index in [0.717, 1.165) is 17.0 Å². The average Bonchev–Trinajstić information content (AvgIpc) is 2.36. The molecular formula is C14H16F4N2O2. The van der Waals surface area contributed by atoms with Crippen LogP contribution in [0.3, 0.4) is 0 Å². The molecule has 1 rings (SSSR count). The van der Waals surface area contributed by atoms with Crippen molar-refractivity contribution in [1.29, 1.82) is 0 Å². The zero-order valence-corrected chi connectivity index (χ0v) is 12.2. The first-order chi connectivity index (χ1) is 10.1. The Morgan fingerprint density at radius 1 is 1.14 bits per heavy atom. The summed E-state index contributed by atoms with van der Waals surface area (Å²) in [4.78, 5) is 25.1. The maximum absolute atomic E-state index is 13.0. The summed E-state index contributed by atoms with van der Waals surface area (Å²) in [5.41, 5.74) is 0.245. The van der Waals surface area contributed by atoms with Crippen LogP contribution in [0, 0.1) is 5.82 Å². The Hall–Kier alpha value is -2.12. The molecule has 0 heterocycles. The van der Waals surface area contributed by atoms with E-state index in [0.29, 0.717) is 4.90 Å². The van der Waals surface area contributed by atoms with E-state index in [1.165, 1.54) is 26.2 Å². The van der Waals surface area contributed by atoms with Gasteiger partial charge in [-0.2, -0.15) is 13.2 Å². The smallest absolute Gasteiger partial charge is 0.347 e. The van der Waals surface area contributed by atoms with Gasteiger partial charge >= 0.3 is 6.18 Å². The van der Waals surface area contributed by atoms with Crippen molar-refractivity contribution in [3.8, 4) is 0 Å². The van der Waals surface area contributed by atoms with Crippen LogP contribution in [0.4, 0.5) is 17.6 Å². The maximum Gasteiger partial charge on any atom is 0.406 e. The Labute approximate surface area is 125 Å². The number of hydrogen-bond acceptors (Lipinski definition) is 2. The van der Waals surface area contributed by atoms with E-state index in [1.807, 2.05) is 0 Å². The average molecular weight is 320 g/mol. The van der Waals surface area contributed by atoms with E-state index >= 15 is 0 Å². The number of hydrogen-bond donors (Lipinski definition) is 0. The van der Waals surface area contributed by atoms with Crippen molar-refractivity contribution >= 4 is 11.8 Å². The van der Waals surface area contributed by atoms with Gasteiger partial charge in [-0.05, 0) is 17.7 Å². The van der Waals surface area contributed by atoms with Gasteiger partial charge in [0.1, 0.15) is 18.9 Å². The minimum Gasteiger partial charge on any atom is -0.347 e. The van der Waals surface area contributed by atoms with Gasteiger partial charge in [-0.15, -0.1) is 0 Å². The van der Waals surface area contributed by atoms with E-state index in [9.17, 15) is 27.2 Å². The van der Waals surface area contributed by atoms with Gasteiger partial charge in [0.2, 0.25) is 11.8 Å². The molecule has 0 atom stereocenters. The molecule has 22 heavy (non-hydrogen) atoms. The maximum atomic E-state index is 13.0. The van der Waals surface area contributed by atoms with Gasteiger partial charge in [0.25, 0.3) is 0 Å². The van der Waals surface area contributed by atoms with Crippen LogP contribution in [-0.2, 0) is 16.0 Å². The van der Waals surface area contributed by atoms with Crippen LogP contribution >= 0.6 is 0 Å². The Morgan fingerprint density at radius 2 is 1.77 bits per heavy atom. The van der Waals surface area contributed by atoms with Crippen molar-refractivity contribution in [2.45, 2.75) is 12.6 Å². The number of carbonyl (C=O) groups excluding carboxylic acids is 2. The molecule has 0 aliphatic carbocycles. The number of carbonyl (C=O) groups is 2. The number of rotatable bonds is 5. The predicted octanol–water partition coefficient (Wildman–Crippen LogP) is 1.85. The molecule has 0 aliphatic heterocycles. The first-order valence-electron chi connectivity index (χ1n) is 6.37. The van der Waals surface area contributed by atoms with E-state index in [4.69, 9.17) is 0 Å². The Balaban J connectivity index is 2.85. The summed E-state index contributed by atoms with van der Waals surface area (Å²) in [6, 6.07) is 5.02. The van der Waals surface area contributed by atoms with Gasteiger partial charge in [-0.3, -0.25) is 9.59 Å². The van der Waals surface area contributed by atoms with Crippen LogP contribution in [0.25, 0.3) is 0 Å². The van der Waals surface area contributed by atoms with Crippen LogP contribution in [0.15, 0.2) is 24.3 Å². The van der Waals surface area contributed by atoms with Crippen LogP contribution < -0.4 is 0 Å². The predicted molar refractivity (Wildman–Crippen MR) is 71.4 cm³/mol. The summed E-state index contributed by atoms with van der Waals surface area (Å²) in [6.45, 7) is -2.21. The minimum absolute atomic E-state index is 0.245. The van der Waals surface area contributed by atoms with Crippen LogP contribution in [0.5, 0.6) is 0 Å². The molecule has 0 aromatic heterocycles. The third-order valence-electron chi connectivity index (χ3n) is 2.79. The molecule has 0 spiro atoms. The van der Waals surface area contributed by atoms with Crippen molar-refractivity contribution in [3.63, 3.8) is 0 Å². The second-order valence-electron chi connectivity index (χ2n) is 4.96. The summed E-state index contributed by atoms with van der Waals surface area (Å²) >= 11 is 0. The fourth-order valence-corrected chi connectivity index (χ4v) is 1.69. The fourth-order valence-electron chi connectivity index (χ4n) is 1.69. The van der Waals surface area contributed by atoms with Crippen LogP contribution in [0.1, 0.15) is 5.56 Å². The van der Waals surface area contributed by atoms with Crippen molar-refractivity contribution in [3.05, 3.63) is 35.6 Å². The molecule has 0 aliphatic rings. The third kappa shape index (κ3) is 6.11. The van der Waals surface area contributed by atoms with E-state index in [-0.39, 0.29) is 5.56 Å². The molecule has 122 valence electrons. The second kappa shape index (κ2) is 7.24. The first-order valence-corrected chi connectivity index (χ1v) is 6.37. The lowest BCUT2D eigenvalue weighted by Crippen LogP contribution is -2.45. The van der Waals surface area contributed by atoms with Crippen molar-refractivity contribution in [1.82, 2.24) is 9.80 Å². The normalized spacial score (nSPS) is 11.2. The van der Waals surface area contributed by atoms with E-state index < -0.39 is 43.3 Å². The Morgan fingerprint density at radius 3 is 2.27 bits per heavy atom. The van der Waals surface area contributed by atoms with Crippen LogP contribution in [0.2, 0.25) is 0 Å². The number of benzene rings is 1. The summed E-state index contributed by atoms with van der Waals surface area (Å²) in [6.07, 6.45) is -5.03. The zero-order chi connectivity index (χ0) is 16.9. The highest BCUT2D eigenvalue weighted by Gasteiger charge is 2.34. The number of nitrogens with zero attached hydrogens (tertiary/aromatic N) is 2. The highest BCUT2D eigenvalue weighted by molar-refractivity contribution is 5.85. The third-order valence-corrected chi connectivity index (χ3v) is 2.79. The lowest BCUT2D eigenvalue weighted by atomic mass is 10.1.